The molecule has 0 aliphatic carbocycles. The quantitative estimate of drug-likeness (QED) is 0.302. The van der Waals surface area contributed by atoms with E-state index < -0.39 is 17.9 Å². The lowest BCUT2D eigenvalue weighted by molar-refractivity contribution is -0.144. The minimum absolute atomic E-state index is 0.00427. The molecule has 0 unspecified atom stereocenters. The minimum Gasteiger partial charge on any atom is -0.496 e. The summed E-state index contributed by atoms with van der Waals surface area (Å²) < 4.78 is 16.0. The van der Waals surface area contributed by atoms with Gasteiger partial charge in [-0.25, -0.2) is 4.79 Å². The number of hydrogen-bond donors (Lipinski definition) is 1. The maximum absolute atomic E-state index is 13.1. The normalized spacial score (nSPS) is 15.1. The summed E-state index contributed by atoms with van der Waals surface area (Å²) in [6, 6.07) is 12.4. The summed E-state index contributed by atoms with van der Waals surface area (Å²) in [6.45, 7) is 0. The van der Waals surface area contributed by atoms with Crippen LogP contribution >= 0.6 is 11.8 Å². The topological polar surface area (TPSA) is 95.5 Å². The molecule has 1 aliphatic heterocycles. The van der Waals surface area contributed by atoms with Crippen LogP contribution in [0.5, 0.6) is 11.5 Å². The summed E-state index contributed by atoms with van der Waals surface area (Å²) in [6.07, 6.45) is 1.95. The molecular weight excluding hydrogens is 468 g/mol. The predicted molar refractivity (Wildman–Crippen MR) is 137 cm³/mol. The highest BCUT2D eigenvalue weighted by Gasteiger charge is 2.30. The Hall–Kier alpha value is -3.20. The first kappa shape index (κ1) is 26.4. The van der Waals surface area contributed by atoms with Crippen molar-refractivity contribution in [2.24, 2.45) is 11.1 Å². The fourth-order valence-electron chi connectivity index (χ4n) is 4.12. The molecule has 35 heavy (non-hydrogen) atoms. The van der Waals surface area contributed by atoms with Gasteiger partial charge in [0.05, 0.1) is 26.9 Å². The summed E-state index contributed by atoms with van der Waals surface area (Å²) >= 11 is 1.86. The maximum atomic E-state index is 13.1. The number of hydrogen-bond acceptors (Lipinski definition) is 8. The Bertz CT molecular complexity index is 1010. The Morgan fingerprint density at radius 3 is 2.17 bits per heavy atom. The average molecular weight is 501 g/mol. The number of nitrogens with zero attached hydrogens (tertiary/aromatic N) is 1. The third kappa shape index (κ3) is 6.69. The molecule has 0 aromatic heterocycles. The first-order valence-electron chi connectivity index (χ1n) is 11.4. The molecule has 1 aliphatic rings. The molecule has 2 aromatic rings. The molecular formula is C26H32N2O6S. The van der Waals surface area contributed by atoms with Crippen molar-refractivity contribution in [1.82, 2.24) is 5.32 Å². The Balaban J connectivity index is 1.79. The molecule has 188 valence electrons. The van der Waals surface area contributed by atoms with E-state index in [9.17, 15) is 9.59 Å². The van der Waals surface area contributed by atoms with Gasteiger partial charge in [-0.3, -0.25) is 4.79 Å². The van der Waals surface area contributed by atoms with E-state index in [0.29, 0.717) is 17.2 Å². The number of oxime groups is 1. The van der Waals surface area contributed by atoms with Crippen LogP contribution in [0.4, 0.5) is 0 Å². The zero-order chi connectivity index (χ0) is 25.2. The van der Waals surface area contributed by atoms with Crippen LogP contribution in [-0.4, -0.2) is 63.6 Å². The van der Waals surface area contributed by atoms with E-state index in [0.717, 1.165) is 41.0 Å². The van der Waals surface area contributed by atoms with Crippen LogP contribution in [0.25, 0.3) is 11.1 Å². The van der Waals surface area contributed by atoms with E-state index in [2.05, 4.69) is 10.5 Å². The number of rotatable bonds is 10. The van der Waals surface area contributed by atoms with Gasteiger partial charge in [-0.05, 0) is 47.6 Å². The number of carbonyl (C=O) groups is 2. The van der Waals surface area contributed by atoms with Crippen LogP contribution in [0.1, 0.15) is 18.4 Å². The van der Waals surface area contributed by atoms with Crippen molar-refractivity contribution >= 4 is 29.4 Å². The molecule has 1 amide bonds. The number of amides is 1. The number of benzene rings is 2. The molecule has 3 rings (SSSR count). The Labute approximate surface area is 210 Å². The van der Waals surface area contributed by atoms with Crippen molar-refractivity contribution < 1.29 is 28.6 Å². The van der Waals surface area contributed by atoms with Crippen molar-refractivity contribution in [1.29, 1.82) is 0 Å². The Morgan fingerprint density at radius 2 is 1.63 bits per heavy atom. The molecule has 0 saturated carbocycles. The lowest BCUT2D eigenvalue weighted by atomic mass is 9.95. The van der Waals surface area contributed by atoms with Crippen LogP contribution < -0.4 is 14.8 Å². The molecule has 0 bridgehead atoms. The Kier molecular flexibility index (Phi) is 9.84. The standard InChI is InChI=1S/C26H32N2O6S/c1-31-21-6-5-7-22(32-2)23(21)18-10-8-17(9-11-18)16-20(26(30)33-3)27-25(29)24(28-34-4)19-12-14-35-15-13-19/h5-11,19-20H,12-16H2,1-4H3,(H,27,29)/t20-/m0/s1. The van der Waals surface area contributed by atoms with Crippen LogP contribution in [0.2, 0.25) is 0 Å². The molecule has 1 fully saturated rings. The lowest BCUT2D eigenvalue weighted by Gasteiger charge is -2.23. The van der Waals surface area contributed by atoms with Crippen LogP contribution in [-0.2, 0) is 25.6 Å². The first-order valence-corrected chi connectivity index (χ1v) is 12.6. The van der Waals surface area contributed by atoms with Gasteiger partial charge in [-0.2, -0.15) is 11.8 Å². The first-order chi connectivity index (χ1) is 17.0. The third-order valence-corrected chi connectivity index (χ3v) is 6.98. The second kappa shape index (κ2) is 13.0. The lowest BCUT2D eigenvalue weighted by Crippen LogP contribution is -2.47. The molecule has 1 atom stereocenters. The fourth-order valence-corrected chi connectivity index (χ4v) is 5.22. The highest BCUT2D eigenvalue weighted by molar-refractivity contribution is 7.99. The SMILES string of the molecule is CON=C(C(=O)N[C@@H](Cc1ccc(-c2c(OC)cccc2OC)cc1)C(=O)OC)C1CCSCC1. The van der Waals surface area contributed by atoms with Crippen LogP contribution in [0.15, 0.2) is 47.6 Å². The van der Waals surface area contributed by atoms with Crippen molar-refractivity contribution in [3.05, 3.63) is 48.0 Å². The van der Waals surface area contributed by atoms with E-state index in [4.69, 9.17) is 19.0 Å². The summed E-state index contributed by atoms with van der Waals surface area (Å²) in [5, 5.41) is 6.80. The molecule has 1 saturated heterocycles. The van der Waals surface area contributed by atoms with Crippen LogP contribution in [0, 0.1) is 5.92 Å². The summed E-state index contributed by atoms with van der Waals surface area (Å²) in [7, 11) is 5.95. The number of nitrogens with one attached hydrogen (secondary N) is 1. The van der Waals surface area contributed by atoms with Crippen molar-refractivity contribution in [3.63, 3.8) is 0 Å². The summed E-state index contributed by atoms with van der Waals surface area (Å²) in [5.41, 5.74) is 2.93. The largest absolute Gasteiger partial charge is 0.496 e. The molecule has 8 nitrogen and oxygen atoms in total. The van der Waals surface area contributed by atoms with Gasteiger partial charge < -0.3 is 24.4 Å². The van der Waals surface area contributed by atoms with Gasteiger partial charge in [0.2, 0.25) is 0 Å². The molecule has 2 aromatic carbocycles. The number of methoxy groups -OCH3 is 3. The van der Waals surface area contributed by atoms with E-state index in [1.165, 1.54) is 14.2 Å². The average Bonchev–Trinajstić information content (AvgIpc) is 2.91. The smallest absolute Gasteiger partial charge is 0.328 e. The molecule has 1 heterocycles. The second-order valence-corrected chi connectivity index (χ2v) is 9.26. The number of thioether (sulfide) groups is 1. The summed E-state index contributed by atoms with van der Waals surface area (Å²) in [4.78, 5) is 30.5. The highest BCUT2D eigenvalue weighted by Crippen LogP contribution is 2.38. The molecule has 0 spiro atoms. The Morgan fingerprint density at radius 1 is 1.00 bits per heavy atom. The van der Waals surface area contributed by atoms with Gasteiger partial charge in [0.15, 0.2) is 0 Å². The predicted octanol–water partition coefficient (Wildman–Crippen LogP) is 3.72. The third-order valence-electron chi connectivity index (χ3n) is 5.93. The maximum Gasteiger partial charge on any atom is 0.328 e. The van der Waals surface area contributed by atoms with E-state index in [1.54, 1.807) is 14.2 Å². The molecule has 0 radical (unpaired) electrons. The zero-order valence-electron chi connectivity index (χ0n) is 20.5. The van der Waals surface area contributed by atoms with Gasteiger partial charge >= 0.3 is 5.97 Å². The van der Waals surface area contributed by atoms with Gasteiger partial charge in [0, 0.05) is 12.3 Å². The number of esters is 1. The van der Waals surface area contributed by atoms with Crippen molar-refractivity contribution in [2.75, 3.05) is 39.9 Å². The molecule has 1 N–H and O–H groups in total. The van der Waals surface area contributed by atoms with Gasteiger partial charge in [0.1, 0.15) is 30.4 Å². The van der Waals surface area contributed by atoms with E-state index in [1.807, 2.05) is 54.2 Å². The van der Waals surface area contributed by atoms with E-state index in [-0.39, 0.29) is 12.3 Å². The monoisotopic (exact) mass is 500 g/mol. The fraction of sp³-hybridized carbons (Fsp3) is 0.423. The number of ether oxygens (including phenoxy) is 3. The van der Waals surface area contributed by atoms with Gasteiger partial charge in [-0.1, -0.05) is 35.5 Å². The minimum atomic E-state index is -0.862. The van der Waals surface area contributed by atoms with Crippen molar-refractivity contribution in [3.8, 4) is 22.6 Å². The highest BCUT2D eigenvalue weighted by atomic mass is 32.2. The van der Waals surface area contributed by atoms with Crippen LogP contribution in [0.3, 0.4) is 0 Å². The van der Waals surface area contributed by atoms with Gasteiger partial charge in [-0.15, -0.1) is 0 Å². The van der Waals surface area contributed by atoms with Crippen molar-refractivity contribution in [2.45, 2.75) is 25.3 Å². The number of carbonyl (C=O) groups excluding carboxylic acids is 2. The summed E-state index contributed by atoms with van der Waals surface area (Å²) in [5.74, 6) is 2.39. The molecule has 9 heteroatoms. The van der Waals surface area contributed by atoms with Gasteiger partial charge in [0.25, 0.3) is 5.91 Å². The zero-order valence-corrected chi connectivity index (χ0v) is 21.4. The second-order valence-electron chi connectivity index (χ2n) is 8.03. The van der Waals surface area contributed by atoms with E-state index >= 15 is 0 Å².